The van der Waals surface area contributed by atoms with Crippen molar-refractivity contribution >= 4 is 0 Å². The zero-order chi connectivity index (χ0) is 28.3. The van der Waals surface area contributed by atoms with Gasteiger partial charge in [-0.15, -0.1) is 0 Å². The molecule has 0 fully saturated rings. The van der Waals surface area contributed by atoms with Crippen molar-refractivity contribution < 1.29 is 23.0 Å². The van der Waals surface area contributed by atoms with Crippen LogP contribution in [0, 0.1) is 0 Å². The predicted octanol–water partition coefficient (Wildman–Crippen LogP) is 4.69. The van der Waals surface area contributed by atoms with Crippen LogP contribution in [0.25, 0.3) is 22.3 Å². The van der Waals surface area contributed by atoms with Crippen molar-refractivity contribution in [1.82, 2.24) is 0 Å². The molecule has 0 unspecified atom stereocenters. The van der Waals surface area contributed by atoms with E-state index in [4.69, 9.17) is 4.74 Å². The summed E-state index contributed by atoms with van der Waals surface area (Å²) in [7, 11) is 1.75. The topological polar surface area (TPSA) is 24.7 Å². The first-order valence-electron chi connectivity index (χ1n) is 14.4. The van der Waals surface area contributed by atoms with E-state index in [1.165, 1.54) is 38.9 Å². The van der Waals surface area contributed by atoms with E-state index in [1.807, 2.05) is 0 Å². The van der Waals surface area contributed by atoms with Crippen molar-refractivity contribution in [2.45, 2.75) is 26.2 Å². The Kier molecular flexibility index (Phi) is 6.98. The van der Waals surface area contributed by atoms with Crippen LogP contribution in [0.15, 0.2) is 141 Å². The van der Waals surface area contributed by atoms with Gasteiger partial charge < -0.3 is 4.74 Å². The van der Waals surface area contributed by atoms with E-state index in [9.17, 15) is 0 Å². The molecule has 0 aliphatic carbocycles. The third-order valence-electron chi connectivity index (χ3n) is 8.05. The lowest BCUT2D eigenvalue weighted by Crippen LogP contribution is -2.34. The van der Waals surface area contributed by atoms with Gasteiger partial charge in [0.25, 0.3) is 0 Å². The standard InChI is InChI=1S/C37H34N4O/c1-42-37-24-31-6-7-36(37)28-41-22-14-35(15-23-41)33-10-18-39(19-11-33)26-30-4-2-29(3-5-30)25-38-16-8-32(9-17-38)34-12-20-40(27-31)21-13-34/h2-24H,25-28H2,1H3/q+4. The summed E-state index contributed by atoms with van der Waals surface area (Å²) < 4.78 is 14.7. The molecular weight excluding hydrogens is 516 g/mol. The van der Waals surface area contributed by atoms with Crippen LogP contribution in [0.2, 0.25) is 0 Å². The fourth-order valence-corrected chi connectivity index (χ4v) is 5.62. The van der Waals surface area contributed by atoms with Gasteiger partial charge in [0.05, 0.1) is 12.7 Å². The van der Waals surface area contributed by atoms with Gasteiger partial charge in [0, 0.05) is 65.2 Å². The van der Waals surface area contributed by atoms with Crippen LogP contribution in [0.4, 0.5) is 0 Å². The second-order valence-corrected chi connectivity index (χ2v) is 11.0. The van der Waals surface area contributed by atoms with Gasteiger partial charge in [-0.25, -0.2) is 18.3 Å². The third kappa shape index (κ3) is 5.68. The number of aromatic nitrogens is 4. The minimum Gasteiger partial charge on any atom is -0.496 e. The summed E-state index contributed by atoms with van der Waals surface area (Å²) in [5.74, 6) is 0.911. The lowest BCUT2D eigenvalue weighted by atomic mass is 10.1. The molecule has 42 heavy (non-hydrogen) atoms. The maximum atomic E-state index is 5.81. The molecular formula is C37H34N4O+4. The maximum absolute atomic E-state index is 5.81. The molecule has 0 spiro atoms. The summed E-state index contributed by atoms with van der Waals surface area (Å²) in [6.07, 6.45) is 17.2. The lowest BCUT2D eigenvalue weighted by Gasteiger charge is -2.09. The molecule has 12 bridgehead atoms. The van der Waals surface area contributed by atoms with Crippen LogP contribution < -0.4 is 23.0 Å². The Labute approximate surface area is 246 Å². The van der Waals surface area contributed by atoms with Crippen molar-refractivity contribution in [3.8, 4) is 28.0 Å². The summed E-state index contributed by atoms with van der Waals surface area (Å²) in [5.41, 5.74) is 9.76. The molecule has 5 heteroatoms. The second kappa shape index (κ2) is 11.4. The Bertz CT molecular complexity index is 1810. The second-order valence-electron chi connectivity index (χ2n) is 11.0. The fraction of sp³-hybridized carbons (Fsp3) is 0.135. The van der Waals surface area contributed by atoms with Gasteiger partial charge in [-0.1, -0.05) is 30.3 Å². The normalized spacial score (nSPS) is 12.5. The number of rotatable bonds is 1. The average molecular weight is 551 g/mol. The Hall–Kier alpha value is -5.16. The van der Waals surface area contributed by atoms with Crippen molar-refractivity contribution in [3.05, 3.63) is 163 Å². The van der Waals surface area contributed by atoms with Crippen LogP contribution in [0.5, 0.6) is 5.75 Å². The number of hydrogen-bond donors (Lipinski definition) is 0. The summed E-state index contributed by atoms with van der Waals surface area (Å²) >= 11 is 0. The van der Waals surface area contributed by atoms with E-state index < -0.39 is 0 Å². The highest BCUT2D eigenvalue weighted by Gasteiger charge is 2.14. The summed E-state index contributed by atoms with van der Waals surface area (Å²) in [6, 6.07) is 33.0. The van der Waals surface area contributed by atoms with Gasteiger partial charge in [0.15, 0.2) is 75.8 Å². The number of methoxy groups -OCH3 is 1. The van der Waals surface area contributed by atoms with E-state index in [1.54, 1.807) is 7.11 Å². The van der Waals surface area contributed by atoms with Crippen LogP contribution in [0.1, 0.15) is 22.3 Å². The smallest absolute Gasteiger partial charge is 0.177 e. The molecule has 2 aromatic carbocycles. The van der Waals surface area contributed by atoms with Gasteiger partial charge in [-0.3, -0.25) is 0 Å². The van der Waals surface area contributed by atoms with Gasteiger partial charge in [0.2, 0.25) is 0 Å². The molecule has 0 atom stereocenters. The molecule has 6 aromatic rings. The molecule has 0 N–H and O–H groups in total. The molecule has 0 radical (unpaired) electrons. The van der Waals surface area contributed by atoms with Gasteiger partial charge >= 0.3 is 0 Å². The minimum absolute atomic E-state index is 0.746. The molecule has 0 saturated carbocycles. The number of nitrogens with zero attached hydrogens (tertiary/aromatic N) is 4. The minimum atomic E-state index is 0.746. The largest absolute Gasteiger partial charge is 0.496 e. The molecule has 4 aromatic heterocycles. The Morgan fingerprint density at radius 1 is 0.405 bits per heavy atom. The highest BCUT2D eigenvalue weighted by molar-refractivity contribution is 5.61. The highest BCUT2D eigenvalue weighted by Crippen LogP contribution is 2.22. The Morgan fingerprint density at radius 3 is 1.12 bits per heavy atom. The number of ether oxygens (including phenoxy) is 1. The quantitative estimate of drug-likeness (QED) is 0.273. The Morgan fingerprint density at radius 2 is 0.738 bits per heavy atom. The monoisotopic (exact) mass is 550 g/mol. The maximum Gasteiger partial charge on any atom is 0.177 e. The number of hydrogen-bond acceptors (Lipinski definition) is 1. The first-order valence-corrected chi connectivity index (χ1v) is 14.4. The van der Waals surface area contributed by atoms with Crippen molar-refractivity contribution in [2.75, 3.05) is 7.11 Å². The fourth-order valence-electron chi connectivity index (χ4n) is 5.62. The molecule has 0 amide bonds. The van der Waals surface area contributed by atoms with E-state index in [0.29, 0.717) is 0 Å². The lowest BCUT2D eigenvalue weighted by molar-refractivity contribution is -0.689. The molecule has 0 saturated heterocycles. The SMILES string of the molecule is COc1cc2ccc1C[n+]1ccc(cc1)-c1cc[n+](cc1)Cc1ccc(cc1)C[n+]1ccc(cc1)-c1cc[n+](cc1)C2. The predicted molar refractivity (Wildman–Crippen MR) is 160 cm³/mol. The molecule has 20 heterocycles. The van der Waals surface area contributed by atoms with Crippen molar-refractivity contribution in [1.29, 1.82) is 0 Å². The first kappa shape index (κ1) is 25.8. The van der Waals surface area contributed by atoms with Crippen LogP contribution >= 0.6 is 0 Å². The third-order valence-corrected chi connectivity index (χ3v) is 8.05. The Balaban J connectivity index is 1.22. The molecule has 5 nitrogen and oxygen atoms in total. The summed E-state index contributed by atoms with van der Waals surface area (Å²) in [4.78, 5) is 0. The van der Waals surface area contributed by atoms with E-state index >= 15 is 0 Å². The van der Waals surface area contributed by atoms with E-state index in [0.717, 1.165) is 37.5 Å². The van der Waals surface area contributed by atoms with Crippen LogP contribution in [0.3, 0.4) is 0 Å². The van der Waals surface area contributed by atoms with Gasteiger partial charge in [-0.05, 0) is 34.4 Å². The number of pyridine rings is 4. The molecule has 16 aliphatic rings. The zero-order valence-electron chi connectivity index (χ0n) is 23.8. The summed E-state index contributed by atoms with van der Waals surface area (Å²) in [5, 5.41) is 0. The zero-order valence-corrected chi connectivity index (χ0v) is 23.8. The van der Waals surface area contributed by atoms with E-state index in [-0.39, 0.29) is 0 Å². The van der Waals surface area contributed by atoms with Crippen LogP contribution in [-0.4, -0.2) is 7.11 Å². The first-order chi connectivity index (χ1) is 20.7. The van der Waals surface area contributed by atoms with Gasteiger partial charge in [0.1, 0.15) is 5.75 Å². The molecule has 22 rings (SSSR count). The summed E-state index contributed by atoms with van der Waals surface area (Å²) in [6.45, 7) is 3.21. The van der Waals surface area contributed by atoms with Crippen LogP contribution in [-0.2, 0) is 26.2 Å². The average Bonchev–Trinajstić information content (AvgIpc) is 3.04. The van der Waals surface area contributed by atoms with Crippen molar-refractivity contribution in [3.63, 3.8) is 0 Å². The van der Waals surface area contributed by atoms with E-state index in [2.05, 4.69) is 159 Å². The number of benzene rings is 2. The molecule has 16 aliphatic heterocycles. The molecule has 204 valence electrons. The van der Waals surface area contributed by atoms with Gasteiger partial charge in [-0.2, -0.15) is 0 Å². The highest BCUT2D eigenvalue weighted by atomic mass is 16.5. The van der Waals surface area contributed by atoms with Crippen molar-refractivity contribution in [2.24, 2.45) is 0 Å².